The van der Waals surface area contributed by atoms with Crippen LogP contribution in [0.4, 0.5) is 0 Å². The summed E-state index contributed by atoms with van der Waals surface area (Å²) >= 11 is 0. The lowest BCUT2D eigenvalue weighted by Gasteiger charge is -2.15. The van der Waals surface area contributed by atoms with Gasteiger partial charge in [0.1, 0.15) is 0 Å². The molecule has 0 aliphatic heterocycles. The van der Waals surface area contributed by atoms with E-state index in [2.05, 4.69) is 187 Å². The highest BCUT2D eigenvalue weighted by atomic mass is 14.7. The van der Waals surface area contributed by atoms with Crippen LogP contribution in [0.1, 0.15) is 0 Å². The van der Waals surface area contributed by atoms with Gasteiger partial charge < -0.3 is 0 Å². The van der Waals surface area contributed by atoms with Crippen LogP contribution >= 0.6 is 0 Å². The molecule has 2 heterocycles. The van der Waals surface area contributed by atoms with Gasteiger partial charge in [-0.25, -0.2) is 4.98 Å². The number of fused-ring (bicyclic) bond motifs is 2. The molecule has 234 valence electrons. The molecule has 2 heteroatoms. The summed E-state index contributed by atoms with van der Waals surface area (Å²) in [4.78, 5) is 9.90. The van der Waals surface area contributed by atoms with Gasteiger partial charge in [0.05, 0.1) is 16.7 Å². The van der Waals surface area contributed by atoms with E-state index in [0.717, 1.165) is 55.3 Å². The van der Waals surface area contributed by atoms with Crippen LogP contribution in [0.3, 0.4) is 0 Å². The molecule has 0 bridgehead atoms. The molecule has 0 N–H and O–H groups in total. The summed E-state index contributed by atoms with van der Waals surface area (Å²) in [6, 6.07) is 66.9. The van der Waals surface area contributed by atoms with E-state index in [9.17, 15) is 0 Å². The van der Waals surface area contributed by atoms with Gasteiger partial charge in [0.15, 0.2) is 0 Å². The summed E-state index contributed by atoms with van der Waals surface area (Å²) in [6.07, 6.45) is 1.90. The Hall–Kier alpha value is -6.64. The molecule has 2 nitrogen and oxygen atoms in total. The van der Waals surface area contributed by atoms with Crippen molar-refractivity contribution in [2.45, 2.75) is 0 Å². The van der Waals surface area contributed by atoms with Crippen LogP contribution in [0.25, 0.3) is 88.7 Å². The second-order valence-electron chi connectivity index (χ2n) is 12.6. The van der Waals surface area contributed by atoms with Gasteiger partial charge in [-0.2, -0.15) is 0 Å². The van der Waals surface area contributed by atoms with Crippen molar-refractivity contribution in [2.24, 2.45) is 0 Å². The third-order valence-corrected chi connectivity index (χ3v) is 9.51. The van der Waals surface area contributed by atoms with Crippen molar-refractivity contribution in [3.05, 3.63) is 194 Å². The number of hydrogen-bond acceptors (Lipinski definition) is 2. The summed E-state index contributed by atoms with van der Waals surface area (Å²) in [6.45, 7) is 0. The van der Waals surface area contributed by atoms with Crippen molar-refractivity contribution in [1.29, 1.82) is 0 Å². The Morgan fingerprint density at radius 3 is 1.52 bits per heavy atom. The third kappa shape index (κ3) is 5.63. The van der Waals surface area contributed by atoms with Crippen LogP contribution < -0.4 is 0 Å². The predicted molar refractivity (Wildman–Crippen MR) is 210 cm³/mol. The molecule has 9 aromatic rings. The molecular weight excluding hydrogens is 605 g/mol. The normalized spacial score (nSPS) is 11.2. The van der Waals surface area contributed by atoms with Gasteiger partial charge in [0.25, 0.3) is 0 Å². The molecule has 2 aromatic heterocycles. The van der Waals surface area contributed by atoms with E-state index < -0.39 is 0 Å². The van der Waals surface area contributed by atoms with E-state index >= 15 is 0 Å². The maximum Gasteiger partial charge on any atom is 0.0716 e. The fraction of sp³-hybridized carbons (Fsp3) is 0. The zero-order valence-corrected chi connectivity index (χ0v) is 27.4. The lowest BCUT2D eigenvalue weighted by Crippen LogP contribution is -1.92. The minimum Gasteiger partial charge on any atom is -0.256 e. The van der Waals surface area contributed by atoms with E-state index in [1.54, 1.807) is 0 Å². The van der Waals surface area contributed by atoms with Gasteiger partial charge in [-0.15, -0.1) is 0 Å². The molecular formula is C48H32N2. The first kappa shape index (κ1) is 29.5. The summed E-state index contributed by atoms with van der Waals surface area (Å²) in [7, 11) is 0. The Balaban J connectivity index is 1.23. The first-order valence-corrected chi connectivity index (χ1v) is 17.0. The highest BCUT2D eigenvalue weighted by Gasteiger charge is 2.14. The maximum atomic E-state index is 5.28. The SMILES string of the molecule is c1ccc(-c2cccc(-c3ccc4nc(-c5cccc(-c6ccccc6)c5)cc(-c5cccc(-c6ccnc7ccccc67)c5)c4c3)c2)cc1. The van der Waals surface area contributed by atoms with Gasteiger partial charge in [0.2, 0.25) is 0 Å². The first-order chi connectivity index (χ1) is 24.8. The van der Waals surface area contributed by atoms with E-state index in [1.165, 1.54) is 33.4 Å². The number of para-hydroxylation sites is 1. The fourth-order valence-corrected chi connectivity index (χ4v) is 6.99. The molecule has 9 rings (SSSR count). The number of benzene rings is 7. The van der Waals surface area contributed by atoms with E-state index in [-0.39, 0.29) is 0 Å². The van der Waals surface area contributed by atoms with E-state index in [0.29, 0.717) is 0 Å². The highest BCUT2D eigenvalue weighted by Crippen LogP contribution is 2.38. The summed E-state index contributed by atoms with van der Waals surface area (Å²) in [5.74, 6) is 0. The Bertz CT molecular complexity index is 2640. The quantitative estimate of drug-likeness (QED) is 0.181. The summed E-state index contributed by atoms with van der Waals surface area (Å²) < 4.78 is 0. The molecule has 0 spiro atoms. The Morgan fingerprint density at radius 1 is 0.280 bits per heavy atom. The van der Waals surface area contributed by atoms with Gasteiger partial charge >= 0.3 is 0 Å². The van der Waals surface area contributed by atoms with Crippen molar-refractivity contribution in [2.75, 3.05) is 0 Å². The largest absolute Gasteiger partial charge is 0.256 e. The topological polar surface area (TPSA) is 25.8 Å². The summed E-state index contributed by atoms with van der Waals surface area (Å²) in [5.41, 5.74) is 15.7. The van der Waals surface area contributed by atoms with Crippen LogP contribution in [0.15, 0.2) is 194 Å². The summed E-state index contributed by atoms with van der Waals surface area (Å²) in [5, 5.41) is 2.26. The van der Waals surface area contributed by atoms with E-state index in [4.69, 9.17) is 4.98 Å². The van der Waals surface area contributed by atoms with Crippen LogP contribution in [0, 0.1) is 0 Å². The lowest BCUT2D eigenvalue weighted by atomic mass is 9.92. The van der Waals surface area contributed by atoms with Crippen LogP contribution in [-0.2, 0) is 0 Å². The Kier molecular flexibility index (Phi) is 7.53. The lowest BCUT2D eigenvalue weighted by molar-refractivity contribution is 1.39. The second kappa shape index (κ2) is 12.8. The van der Waals surface area contributed by atoms with Gasteiger partial charge in [-0.3, -0.25) is 4.98 Å². The van der Waals surface area contributed by atoms with Gasteiger partial charge in [-0.1, -0.05) is 140 Å². The van der Waals surface area contributed by atoms with Gasteiger partial charge in [-0.05, 0) is 104 Å². The molecule has 0 aliphatic carbocycles. The first-order valence-electron chi connectivity index (χ1n) is 17.0. The zero-order valence-electron chi connectivity index (χ0n) is 27.4. The standard InChI is InChI=1S/C48H32N2/c1-3-12-33(13-4-1)35-16-9-18-37(28-35)38-24-25-47-45(31-38)44(32-48(50-47)41-21-10-17-36(29-41)34-14-5-2-6-15-34)40-20-11-19-39(30-40)42-26-27-49-46-23-8-7-22-43(42)46/h1-32H. The van der Waals surface area contributed by atoms with Crippen molar-refractivity contribution < 1.29 is 0 Å². The van der Waals surface area contributed by atoms with Crippen molar-refractivity contribution >= 4 is 21.8 Å². The number of aromatic nitrogens is 2. The second-order valence-corrected chi connectivity index (χ2v) is 12.6. The minimum atomic E-state index is 0.948. The number of pyridine rings is 2. The highest BCUT2D eigenvalue weighted by molar-refractivity contribution is 6.01. The fourth-order valence-electron chi connectivity index (χ4n) is 6.99. The average molecular weight is 637 g/mol. The molecule has 0 unspecified atom stereocenters. The molecule has 0 fully saturated rings. The molecule has 0 atom stereocenters. The zero-order chi connectivity index (χ0) is 33.3. The predicted octanol–water partition coefficient (Wildman–Crippen LogP) is 12.8. The smallest absolute Gasteiger partial charge is 0.0716 e. The Labute approximate surface area is 292 Å². The Morgan fingerprint density at radius 2 is 0.800 bits per heavy atom. The van der Waals surface area contributed by atoms with Crippen LogP contribution in [0.5, 0.6) is 0 Å². The van der Waals surface area contributed by atoms with Crippen molar-refractivity contribution in [3.63, 3.8) is 0 Å². The molecule has 7 aromatic carbocycles. The molecule has 0 aliphatic rings. The van der Waals surface area contributed by atoms with Gasteiger partial charge in [0, 0.05) is 22.5 Å². The monoisotopic (exact) mass is 636 g/mol. The molecule has 0 saturated carbocycles. The third-order valence-electron chi connectivity index (χ3n) is 9.51. The molecule has 0 amide bonds. The number of hydrogen-bond donors (Lipinski definition) is 0. The minimum absolute atomic E-state index is 0.948. The molecule has 50 heavy (non-hydrogen) atoms. The van der Waals surface area contributed by atoms with Crippen molar-refractivity contribution in [1.82, 2.24) is 9.97 Å². The maximum absolute atomic E-state index is 5.28. The average Bonchev–Trinajstić information content (AvgIpc) is 3.21. The van der Waals surface area contributed by atoms with Crippen LogP contribution in [-0.4, -0.2) is 9.97 Å². The number of nitrogens with zero attached hydrogens (tertiary/aromatic N) is 2. The molecule has 0 saturated heterocycles. The number of rotatable bonds is 6. The van der Waals surface area contributed by atoms with Crippen LogP contribution in [0.2, 0.25) is 0 Å². The van der Waals surface area contributed by atoms with E-state index in [1.807, 2.05) is 12.3 Å². The molecule has 0 radical (unpaired) electrons. The van der Waals surface area contributed by atoms with Crippen molar-refractivity contribution in [3.8, 4) is 66.9 Å².